The number of nitrogens with one attached hydrogen (secondary N) is 1. The summed E-state index contributed by atoms with van der Waals surface area (Å²) >= 11 is 1.57. The topological polar surface area (TPSA) is 71.3 Å². The summed E-state index contributed by atoms with van der Waals surface area (Å²) in [7, 11) is 0. The molecule has 1 aromatic carbocycles. The molecule has 0 saturated carbocycles. The van der Waals surface area contributed by atoms with Gasteiger partial charge in [-0.1, -0.05) is 29.8 Å². The SMILES string of the molecule is O=C(CN1CCCC[C@@H]1c1nc(-c2cccs2)no1)NCc1ccc(F)cc1. The lowest BCUT2D eigenvalue weighted by Crippen LogP contribution is -2.41. The predicted octanol–water partition coefficient (Wildman–Crippen LogP) is 3.78. The van der Waals surface area contributed by atoms with Gasteiger partial charge in [-0.05, 0) is 48.5 Å². The third-order valence-corrected chi connectivity index (χ3v) is 5.70. The Morgan fingerprint density at radius 3 is 2.93 bits per heavy atom. The standard InChI is InChI=1S/C20H21FN4O2S/c21-15-8-6-14(7-9-15)12-22-18(26)13-25-10-2-1-4-16(25)20-23-19(24-27-20)17-5-3-11-28-17/h3,5-9,11,16H,1-2,4,10,12-13H2,(H,22,26)/t16-/m1/s1. The molecule has 0 spiro atoms. The number of nitrogens with zero attached hydrogens (tertiary/aromatic N) is 3. The molecule has 1 atom stereocenters. The minimum atomic E-state index is -0.285. The monoisotopic (exact) mass is 400 g/mol. The van der Waals surface area contributed by atoms with Crippen LogP contribution in [0.4, 0.5) is 4.39 Å². The van der Waals surface area contributed by atoms with Crippen LogP contribution < -0.4 is 5.32 Å². The smallest absolute Gasteiger partial charge is 0.244 e. The Labute approximate surface area is 166 Å². The van der Waals surface area contributed by atoms with Crippen LogP contribution in [0, 0.1) is 5.82 Å². The Bertz CT molecular complexity index is 911. The molecule has 0 radical (unpaired) electrons. The first kappa shape index (κ1) is 18.8. The summed E-state index contributed by atoms with van der Waals surface area (Å²) in [6.45, 7) is 1.45. The van der Waals surface area contributed by atoms with Gasteiger partial charge in [0.1, 0.15) is 5.82 Å². The van der Waals surface area contributed by atoms with E-state index in [1.165, 1.54) is 12.1 Å². The van der Waals surface area contributed by atoms with Gasteiger partial charge in [-0.3, -0.25) is 9.69 Å². The second kappa shape index (κ2) is 8.62. The van der Waals surface area contributed by atoms with Crippen LogP contribution in [-0.2, 0) is 11.3 Å². The van der Waals surface area contributed by atoms with Crippen LogP contribution in [0.5, 0.6) is 0 Å². The third kappa shape index (κ3) is 4.45. The van der Waals surface area contributed by atoms with Crippen molar-refractivity contribution < 1.29 is 13.7 Å². The first-order chi connectivity index (χ1) is 13.7. The molecule has 146 valence electrons. The molecule has 1 N–H and O–H groups in total. The van der Waals surface area contributed by atoms with E-state index in [4.69, 9.17) is 4.52 Å². The number of halogens is 1. The van der Waals surface area contributed by atoms with Crippen LogP contribution in [0.15, 0.2) is 46.3 Å². The number of hydrogen-bond acceptors (Lipinski definition) is 6. The fourth-order valence-corrected chi connectivity index (χ4v) is 4.03. The highest BCUT2D eigenvalue weighted by Gasteiger charge is 2.30. The molecule has 2 aromatic heterocycles. The first-order valence-electron chi connectivity index (χ1n) is 9.32. The normalized spacial score (nSPS) is 17.5. The van der Waals surface area contributed by atoms with Gasteiger partial charge in [0.05, 0.1) is 17.5 Å². The van der Waals surface area contributed by atoms with Crippen LogP contribution >= 0.6 is 11.3 Å². The quantitative estimate of drug-likeness (QED) is 0.682. The van der Waals surface area contributed by atoms with Crippen LogP contribution in [0.25, 0.3) is 10.7 Å². The Morgan fingerprint density at radius 1 is 1.29 bits per heavy atom. The van der Waals surface area contributed by atoms with E-state index in [0.717, 1.165) is 36.2 Å². The molecule has 0 bridgehead atoms. The Balaban J connectivity index is 1.38. The summed E-state index contributed by atoms with van der Waals surface area (Å²) in [5.74, 6) is 0.799. The van der Waals surface area contributed by atoms with Crippen molar-refractivity contribution in [2.45, 2.75) is 31.8 Å². The average Bonchev–Trinajstić information content (AvgIpc) is 3.40. The highest BCUT2D eigenvalue weighted by molar-refractivity contribution is 7.13. The maximum absolute atomic E-state index is 13.0. The third-order valence-electron chi connectivity index (χ3n) is 4.83. The van der Waals surface area contributed by atoms with Gasteiger partial charge in [-0.25, -0.2) is 4.39 Å². The maximum atomic E-state index is 13.0. The highest BCUT2D eigenvalue weighted by atomic mass is 32.1. The summed E-state index contributed by atoms with van der Waals surface area (Å²) < 4.78 is 18.5. The summed E-state index contributed by atoms with van der Waals surface area (Å²) in [5, 5.41) is 8.97. The van der Waals surface area contributed by atoms with Gasteiger partial charge in [0.25, 0.3) is 0 Å². The first-order valence-corrected chi connectivity index (χ1v) is 10.2. The molecule has 6 nitrogen and oxygen atoms in total. The number of piperidine rings is 1. The number of likely N-dealkylation sites (tertiary alicyclic amines) is 1. The molecule has 28 heavy (non-hydrogen) atoms. The van der Waals surface area contributed by atoms with Crippen LogP contribution in [0.2, 0.25) is 0 Å². The molecule has 3 aromatic rings. The number of rotatable bonds is 6. The number of amides is 1. The Kier molecular flexibility index (Phi) is 5.78. The van der Waals surface area contributed by atoms with Gasteiger partial charge in [-0.2, -0.15) is 4.98 Å². The molecule has 3 heterocycles. The van der Waals surface area contributed by atoms with Crippen LogP contribution in [0.1, 0.15) is 36.8 Å². The summed E-state index contributed by atoms with van der Waals surface area (Å²) in [6.07, 6.45) is 2.99. The average molecular weight is 400 g/mol. The van der Waals surface area contributed by atoms with E-state index in [1.807, 2.05) is 17.5 Å². The van der Waals surface area contributed by atoms with Gasteiger partial charge in [0.15, 0.2) is 0 Å². The van der Waals surface area contributed by atoms with Crippen molar-refractivity contribution in [2.24, 2.45) is 0 Å². The zero-order valence-corrected chi connectivity index (χ0v) is 16.1. The Morgan fingerprint density at radius 2 is 2.14 bits per heavy atom. The van der Waals surface area contributed by atoms with Gasteiger partial charge in [0, 0.05) is 6.54 Å². The van der Waals surface area contributed by atoms with Crippen LogP contribution in [-0.4, -0.2) is 34.0 Å². The van der Waals surface area contributed by atoms with Crippen molar-refractivity contribution in [3.05, 3.63) is 59.0 Å². The number of hydrogen-bond donors (Lipinski definition) is 1. The largest absolute Gasteiger partial charge is 0.351 e. The van der Waals surface area contributed by atoms with Crippen molar-refractivity contribution in [1.82, 2.24) is 20.4 Å². The van der Waals surface area contributed by atoms with E-state index >= 15 is 0 Å². The maximum Gasteiger partial charge on any atom is 0.244 e. The van der Waals surface area contributed by atoms with Crippen LogP contribution in [0.3, 0.4) is 0 Å². The number of carbonyl (C=O) groups excluding carboxylic acids is 1. The lowest BCUT2D eigenvalue weighted by molar-refractivity contribution is -0.123. The van der Waals surface area contributed by atoms with Crippen molar-refractivity contribution in [1.29, 1.82) is 0 Å². The molecular formula is C20H21FN4O2S. The molecule has 1 aliphatic rings. The van der Waals surface area contributed by atoms with E-state index in [1.54, 1.807) is 23.5 Å². The minimum Gasteiger partial charge on any atom is -0.351 e. The predicted molar refractivity (Wildman–Crippen MR) is 104 cm³/mol. The number of aromatic nitrogens is 2. The van der Waals surface area contributed by atoms with E-state index in [-0.39, 0.29) is 24.3 Å². The number of benzene rings is 1. The second-order valence-corrected chi connectivity index (χ2v) is 7.77. The lowest BCUT2D eigenvalue weighted by Gasteiger charge is -2.32. The minimum absolute atomic E-state index is 0.0495. The number of carbonyl (C=O) groups is 1. The second-order valence-electron chi connectivity index (χ2n) is 6.82. The van der Waals surface area contributed by atoms with Crippen molar-refractivity contribution in [3.63, 3.8) is 0 Å². The summed E-state index contributed by atoms with van der Waals surface area (Å²) in [4.78, 5) is 20.0. The number of thiophene rings is 1. The van der Waals surface area contributed by atoms with E-state index in [0.29, 0.717) is 18.3 Å². The molecular weight excluding hydrogens is 379 g/mol. The zero-order chi connectivity index (χ0) is 19.3. The molecule has 4 rings (SSSR count). The fourth-order valence-electron chi connectivity index (χ4n) is 3.38. The van der Waals surface area contributed by atoms with Crippen molar-refractivity contribution in [2.75, 3.05) is 13.1 Å². The molecule has 1 fully saturated rings. The zero-order valence-electron chi connectivity index (χ0n) is 15.3. The molecule has 1 aliphatic heterocycles. The molecule has 0 unspecified atom stereocenters. The fraction of sp³-hybridized carbons (Fsp3) is 0.350. The molecule has 0 aliphatic carbocycles. The summed E-state index contributed by atoms with van der Waals surface area (Å²) in [5.41, 5.74) is 0.863. The van der Waals surface area contributed by atoms with Crippen molar-refractivity contribution >= 4 is 17.2 Å². The van der Waals surface area contributed by atoms with Gasteiger partial charge >= 0.3 is 0 Å². The molecule has 8 heteroatoms. The van der Waals surface area contributed by atoms with Gasteiger partial charge < -0.3 is 9.84 Å². The molecule has 1 amide bonds. The highest BCUT2D eigenvalue weighted by Crippen LogP contribution is 2.31. The van der Waals surface area contributed by atoms with Crippen molar-refractivity contribution in [3.8, 4) is 10.7 Å². The van der Waals surface area contributed by atoms with Gasteiger partial charge in [-0.15, -0.1) is 11.3 Å². The Hall–Kier alpha value is -2.58. The lowest BCUT2D eigenvalue weighted by atomic mass is 10.0. The summed E-state index contributed by atoms with van der Waals surface area (Å²) in [6, 6.07) is 9.99. The van der Waals surface area contributed by atoms with E-state index in [9.17, 15) is 9.18 Å². The van der Waals surface area contributed by atoms with E-state index < -0.39 is 0 Å². The molecule has 1 saturated heterocycles. The van der Waals surface area contributed by atoms with E-state index in [2.05, 4.69) is 20.4 Å². The van der Waals surface area contributed by atoms with Gasteiger partial charge in [0.2, 0.25) is 17.6 Å².